The second-order valence-electron chi connectivity index (χ2n) is 17.9. The van der Waals surface area contributed by atoms with E-state index in [-0.39, 0.29) is 101 Å². The Bertz CT molecular complexity index is 2080. The van der Waals surface area contributed by atoms with Gasteiger partial charge in [-0.15, -0.1) is 0 Å². The summed E-state index contributed by atoms with van der Waals surface area (Å²) in [6.07, 6.45) is 2.45. The van der Waals surface area contributed by atoms with Gasteiger partial charge in [-0.1, -0.05) is 20.8 Å². The van der Waals surface area contributed by atoms with Crippen molar-refractivity contribution in [3.8, 4) is 0 Å². The number of ketones is 1. The summed E-state index contributed by atoms with van der Waals surface area (Å²) < 4.78 is 84.8. The summed E-state index contributed by atoms with van der Waals surface area (Å²) in [5, 5.41) is 14.0. The normalized spacial score (nSPS) is 13.3. The predicted octanol–water partition coefficient (Wildman–Crippen LogP) is 3.93. The number of carbonyl (C=O) groups excluding carboxylic acids is 6. The Kier molecular flexibility index (Phi) is 28.7. The lowest BCUT2D eigenvalue weighted by Gasteiger charge is -2.44. The summed E-state index contributed by atoms with van der Waals surface area (Å²) in [5.41, 5.74) is 1.08. The molecule has 0 aromatic heterocycles. The average molecular weight is 1100 g/mol. The molecular weight excluding hydrogens is 1020 g/mol. The monoisotopic (exact) mass is 1090 g/mol. The standard InChI is InChI=1S/C48H70N8O15S3/c1-47(2,3)48(32-69-29-21-42(58)49-24-5-4-8-41(57)35-9-15-38(16-10-35)54-72(63)64,33-70-30-22-43(59)50-25-6-27-52-45(61)36-11-17-39(18-12-36)55-73(65)66)34-71-31-23-44(60)51-26-7-28-53-46(62)37-13-19-40(20-14-37)56-74(67)68/h9-20,54-56H,4-8,21-34H2,1-3H3,(H,49,58)(H,50,59)(H,51,60)(H,52,61)(H,53,62)(H,63,64)(H,65,66)(H,67,68). The first-order valence-electron chi connectivity index (χ1n) is 23.8. The molecule has 3 atom stereocenters. The summed E-state index contributed by atoms with van der Waals surface area (Å²) in [6.45, 7) is 8.08. The van der Waals surface area contributed by atoms with Crippen LogP contribution in [0, 0.1) is 10.8 Å². The second kappa shape index (κ2) is 34.0. The number of hydrogen-bond donors (Lipinski definition) is 11. The molecule has 0 bridgehead atoms. The Morgan fingerprint density at radius 2 is 0.743 bits per heavy atom. The Morgan fingerprint density at radius 1 is 0.432 bits per heavy atom. The number of hydrogen-bond acceptors (Lipinski definition) is 12. The van der Waals surface area contributed by atoms with Crippen molar-refractivity contribution in [1.82, 2.24) is 26.6 Å². The molecule has 3 rings (SSSR count). The summed E-state index contributed by atoms with van der Waals surface area (Å²) in [5.74, 6) is -1.51. The van der Waals surface area contributed by atoms with Gasteiger partial charge < -0.3 is 40.8 Å². The van der Waals surface area contributed by atoms with Crippen LogP contribution in [-0.2, 0) is 62.4 Å². The number of anilines is 3. The third kappa shape index (κ3) is 25.5. The third-order valence-electron chi connectivity index (χ3n) is 11.3. The van der Waals surface area contributed by atoms with Gasteiger partial charge in [0, 0.05) is 97.6 Å². The van der Waals surface area contributed by atoms with Crippen LogP contribution in [0.5, 0.6) is 0 Å². The Labute approximate surface area is 439 Å². The molecule has 0 saturated carbocycles. The molecular formula is C48H70N8O15S3. The van der Waals surface area contributed by atoms with E-state index in [9.17, 15) is 41.4 Å². The SMILES string of the molecule is CC(C)(C)C(COCCC(=O)NCCCCC(=O)c1ccc(NS(=O)O)cc1)(COCCC(=O)NCCCNC(=O)c1ccc(NS(=O)O)cc1)COCCC(=O)NCCCNC(=O)c1ccc(NS(=O)O)cc1. The quantitative estimate of drug-likeness (QED) is 0.0221. The predicted molar refractivity (Wildman–Crippen MR) is 282 cm³/mol. The molecule has 410 valence electrons. The van der Waals surface area contributed by atoms with Crippen molar-refractivity contribution in [1.29, 1.82) is 0 Å². The highest BCUT2D eigenvalue weighted by atomic mass is 32.2. The van der Waals surface area contributed by atoms with Gasteiger partial charge in [-0.25, -0.2) is 12.6 Å². The molecule has 5 amide bonds. The van der Waals surface area contributed by atoms with Gasteiger partial charge in [-0.2, -0.15) is 0 Å². The number of amides is 5. The summed E-state index contributed by atoms with van der Waals surface area (Å²) >= 11 is -6.68. The van der Waals surface area contributed by atoms with E-state index in [2.05, 4.69) is 40.8 Å². The zero-order valence-corrected chi connectivity index (χ0v) is 44.3. The summed E-state index contributed by atoms with van der Waals surface area (Å²) in [6, 6.07) is 18.3. The van der Waals surface area contributed by atoms with Gasteiger partial charge in [0.15, 0.2) is 5.78 Å². The highest BCUT2D eigenvalue weighted by Crippen LogP contribution is 2.40. The molecule has 0 aliphatic rings. The van der Waals surface area contributed by atoms with Crippen molar-refractivity contribution in [2.24, 2.45) is 10.8 Å². The Morgan fingerprint density at radius 3 is 1.07 bits per heavy atom. The van der Waals surface area contributed by atoms with Crippen molar-refractivity contribution in [2.45, 2.75) is 72.1 Å². The molecule has 0 aliphatic carbocycles. The molecule has 3 unspecified atom stereocenters. The number of carbonyl (C=O) groups is 6. The second-order valence-corrected chi connectivity index (χ2v) is 20.0. The van der Waals surface area contributed by atoms with E-state index in [0.717, 1.165) is 0 Å². The molecule has 74 heavy (non-hydrogen) atoms. The zero-order valence-electron chi connectivity index (χ0n) is 41.8. The molecule has 26 heteroatoms. The first kappa shape index (κ1) is 62.6. The van der Waals surface area contributed by atoms with E-state index in [0.29, 0.717) is 92.2 Å². The molecule has 23 nitrogen and oxygen atoms in total. The van der Waals surface area contributed by atoms with Crippen LogP contribution in [-0.4, -0.2) is 134 Å². The van der Waals surface area contributed by atoms with Gasteiger partial charge in [0.1, 0.15) is 0 Å². The summed E-state index contributed by atoms with van der Waals surface area (Å²) in [4.78, 5) is 75.6. The highest BCUT2D eigenvalue weighted by molar-refractivity contribution is 7.81. The number of benzene rings is 3. The van der Waals surface area contributed by atoms with Crippen LogP contribution in [0.15, 0.2) is 72.8 Å². The fourth-order valence-corrected chi connectivity index (χ4v) is 7.78. The van der Waals surface area contributed by atoms with Gasteiger partial charge in [0.2, 0.25) is 17.7 Å². The molecule has 3 aromatic rings. The maximum atomic E-state index is 12.7. The molecule has 0 heterocycles. The van der Waals surface area contributed by atoms with Gasteiger partial charge in [0.25, 0.3) is 45.6 Å². The molecule has 0 fully saturated rings. The van der Waals surface area contributed by atoms with Crippen molar-refractivity contribution in [3.63, 3.8) is 0 Å². The Hall–Kier alpha value is -5.71. The number of nitrogens with one attached hydrogen (secondary N) is 8. The van der Waals surface area contributed by atoms with E-state index in [1.165, 1.54) is 48.5 Å². The van der Waals surface area contributed by atoms with E-state index >= 15 is 0 Å². The highest BCUT2D eigenvalue weighted by Gasteiger charge is 2.43. The van der Waals surface area contributed by atoms with Crippen LogP contribution < -0.4 is 40.8 Å². The minimum absolute atomic E-state index is 0.0478. The maximum Gasteiger partial charge on any atom is 0.259 e. The lowest BCUT2D eigenvalue weighted by Crippen LogP contribution is -2.48. The topological polar surface area (TPSA) is 338 Å². The van der Waals surface area contributed by atoms with E-state index < -0.39 is 44.6 Å². The minimum atomic E-state index is -2.23. The minimum Gasteiger partial charge on any atom is -0.380 e. The molecule has 0 saturated heterocycles. The van der Waals surface area contributed by atoms with Crippen LogP contribution in [0.2, 0.25) is 0 Å². The van der Waals surface area contributed by atoms with Crippen LogP contribution in [0.4, 0.5) is 17.1 Å². The van der Waals surface area contributed by atoms with Crippen molar-refractivity contribution < 1.29 is 69.3 Å². The maximum absolute atomic E-state index is 12.7. The lowest BCUT2D eigenvalue weighted by molar-refractivity contribution is -0.134. The van der Waals surface area contributed by atoms with Gasteiger partial charge in [-0.05, 0) is 104 Å². The summed E-state index contributed by atoms with van der Waals surface area (Å²) in [7, 11) is 0. The van der Waals surface area contributed by atoms with Crippen molar-refractivity contribution in [2.75, 3.05) is 86.5 Å². The van der Waals surface area contributed by atoms with Crippen LogP contribution in [0.25, 0.3) is 0 Å². The molecule has 0 aliphatic heterocycles. The third-order valence-corrected chi connectivity index (χ3v) is 12.6. The van der Waals surface area contributed by atoms with E-state index in [1.54, 1.807) is 24.3 Å². The van der Waals surface area contributed by atoms with Crippen LogP contribution in [0.1, 0.15) is 103 Å². The average Bonchev–Trinajstić information content (AvgIpc) is 3.34. The fourth-order valence-electron chi connectivity index (χ4n) is 6.77. The van der Waals surface area contributed by atoms with Crippen molar-refractivity contribution in [3.05, 3.63) is 89.5 Å². The number of Topliss-reactive ketones (excluding diaryl/α,β-unsaturated/α-hetero) is 1. The smallest absolute Gasteiger partial charge is 0.259 e. The van der Waals surface area contributed by atoms with Crippen LogP contribution in [0.3, 0.4) is 0 Å². The largest absolute Gasteiger partial charge is 0.380 e. The van der Waals surface area contributed by atoms with Crippen molar-refractivity contribution >= 4 is 86.2 Å². The molecule has 11 N–H and O–H groups in total. The lowest BCUT2D eigenvalue weighted by atomic mass is 9.68. The Balaban J connectivity index is 1.44. The zero-order chi connectivity index (χ0) is 54.4. The number of ether oxygens (including phenoxy) is 3. The van der Waals surface area contributed by atoms with Gasteiger partial charge in [0.05, 0.1) is 39.6 Å². The number of rotatable bonds is 37. The van der Waals surface area contributed by atoms with Gasteiger partial charge in [-0.3, -0.25) is 56.6 Å². The number of unbranched alkanes of at least 4 members (excludes halogenated alkanes) is 1. The first-order chi connectivity index (χ1) is 35.3. The van der Waals surface area contributed by atoms with E-state index in [4.69, 9.17) is 27.9 Å². The van der Waals surface area contributed by atoms with E-state index in [1.807, 2.05) is 20.8 Å². The molecule has 0 radical (unpaired) electrons. The van der Waals surface area contributed by atoms with Gasteiger partial charge >= 0.3 is 0 Å². The molecule has 3 aromatic carbocycles. The molecule has 0 spiro atoms. The fraction of sp³-hybridized carbons (Fsp3) is 0.500. The van der Waals surface area contributed by atoms with Crippen LogP contribution >= 0.6 is 0 Å². The first-order valence-corrected chi connectivity index (χ1v) is 27.1.